The van der Waals surface area contributed by atoms with Gasteiger partial charge in [-0.1, -0.05) is 17.7 Å². The van der Waals surface area contributed by atoms with Crippen molar-refractivity contribution in [3.05, 3.63) is 52.6 Å². The molecule has 0 saturated heterocycles. The van der Waals surface area contributed by atoms with Crippen molar-refractivity contribution >= 4 is 17.3 Å². The maximum Gasteiger partial charge on any atom is 0.103 e. The molecule has 1 N–H and O–H groups in total. The number of halogens is 1. The largest absolute Gasteiger partial charge is 0.378 e. The van der Waals surface area contributed by atoms with E-state index in [1.54, 1.807) is 24.5 Å². The van der Waals surface area contributed by atoms with E-state index in [1.165, 1.54) is 0 Å². The first kappa shape index (κ1) is 12.3. The maximum atomic E-state index is 9.03. The van der Waals surface area contributed by atoms with Crippen LogP contribution < -0.4 is 5.32 Å². The lowest BCUT2D eigenvalue weighted by atomic mass is 10.2. The molecule has 90 valence electrons. The Morgan fingerprint density at radius 2 is 2.17 bits per heavy atom. The minimum absolute atomic E-state index is 0.442. The van der Waals surface area contributed by atoms with E-state index in [0.29, 0.717) is 22.8 Å². The molecule has 0 aliphatic heterocycles. The van der Waals surface area contributed by atoms with Crippen LogP contribution in [0.2, 0.25) is 5.02 Å². The molecule has 1 aromatic carbocycles. The summed E-state index contributed by atoms with van der Waals surface area (Å²) in [4.78, 5) is 8.39. The fourth-order valence-electron chi connectivity index (χ4n) is 1.48. The molecule has 0 amide bonds. The van der Waals surface area contributed by atoms with Gasteiger partial charge in [0, 0.05) is 6.20 Å². The first-order valence-electron chi connectivity index (χ1n) is 5.40. The van der Waals surface area contributed by atoms with Crippen molar-refractivity contribution in [1.82, 2.24) is 9.97 Å². The summed E-state index contributed by atoms with van der Waals surface area (Å²) < 4.78 is 0. The molecule has 0 atom stereocenters. The zero-order valence-corrected chi connectivity index (χ0v) is 10.6. The number of nitrogens with zero attached hydrogens (tertiary/aromatic N) is 3. The number of hydrogen-bond donors (Lipinski definition) is 1. The third kappa shape index (κ3) is 2.76. The number of rotatable bonds is 3. The maximum absolute atomic E-state index is 9.03. The van der Waals surface area contributed by atoms with Crippen molar-refractivity contribution in [1.29, 1.82) is 5.26 Å². The Morgan fingerprint density at radius 3 is 2.83 bits per heavy atom. The molecule has 0 aliphatic rings. The van der Waals surface area contributed by atoms with E-state index in [9.17, 15) is 0 Å². The highest BCUT2D eigenvalue weighted by Crippen LogP contribution is 2.23. The Bertz CT molecular complexity index is 587. The van der Waals surface area contributed by atoms with Crippen LogP contribution in [0.4, 0.5) is 5.69 Å². The fourth-order valence-corrected chi connectivity index (χ4v) is 1.70. The molecule has 2 rings (SSSR count). The van der Waals surface area contributed by atoms with E-state index in [-0.39, 0.29) is 0 Å². The second-order valence-electron chi connectivity index (χ2n) is 3.78. The van der Waals surface area contributed by atoms with Gasteiger partial charge < -0.3 is 5.32 Å². The Morgan fingerprint density at radius 1 is 1.33 bits per heavy atom. The first-order valence-corrected chi connectivity index (χ1v) is 5.78. The standard InChI is InChI=1S/C13H11ClN4/c1-9-6-17-10(7-16-9)8-18-13-4-2-3-12(14)11(13)5-15/h2-4,6-7,18H,8H2,1H3. The number of aromatic nitrogens is 2. The molecule has 0 unspecified atom stereocenters. The van der Waals surface area contributed by atoms with Gasteiger partial charge in [0.1, 0.15) is 6.07 Å². The van der Waals surface area contributed by atoms with Crippen molar-refractivity contribution in [3.8, 4) is 6.07 Å². The Labute approximate surface area is 110 Å². The lowest BCUT2D eigenvalue weighted by Gasteiger charge is -2.08. The van der Waals surface area contributed by atoms with Gasteiger partial charge in [0.25, 0.3) is 0 Å². The monoisotopic (exact) mass is 258 g/mol. The number of benzene rings is 1. The number of hydrogen-bond acceptors (Lipinski definition) is 4. The molecule has 0 bridgehead atoms. The summed E-state index contributed by atoms with van der Waals surface area (Å²) >= 11 is 5.94. The van der Waals surface area contributed by atoms with Crippen LogP contribution in [-0.4, -0.2) is 9.97 Å². The van der Waals surface area contributed by atoms with Gasteiger partial charge >= 0.3 is 0 Å². The van der Waals surface area contributed by atoms with Crippen LogP contribution in [0, 0.1) is 18.3 Å². The molecule has 2 aromatic rings. The van der Waals surface area contributed by atoms with Crippen molar-refractivity contribution in [3.63, 3.8) is 0 Å². The molecule has 1 heterocycles. The molecule has 18 heavy (non-hydrogen) atoms. The molecule has 0 fully saturated rings. The topological polar surface area (TPSA) is 61.6 Å². The molecule has 1 aromatic heterocycles. The average molecular weight is 259 g/mol. The SMILES string of the molecule is Cc1cnc(CNc2cccc(Cl)c2C#N)cn1. The zero-order valence-electron chi connectivity index (χ0n) is 9.81. The summed E-state index contributed by atoms with van der Waals surface area (Å²) in [6.45, 7) is 2.39. The van der Waals surface area contributed by atoms with Crippen LogP contribution in [0.3, 0.4) is 0 Å². The van der Waals surface area contributed by atoms with E-state index < -0.39 is 0 Å². The minimum Gasteiger partial charge on any atom is -0.378 e. The number of nitrogens with one attached hydrogen (secondary N) is 1. The van der Waals surface area contributed by atoms with E-state index >= 15 is 0 Å². The van der Waals surface area contributed by atoms with E-state index in [4.69, 9.17) is 16.9 Å². The van der Waals surface area contributed by atoms with Crippen molar-refractivity contribution < 1.29 is 0 Å². The Kier molecular flexibility index (Phi) is 3.75. The quantitative estimate of drug-likeness (QED) is 0.920. The zero-order chi connectivity index (χ0) is 13.0. The van der Waals surface area contributed by atoms with Gasteiger partial charge in [0.2, 0.25) is 0 Å². The van der Waals surface area contributed by atoms with Gasteiger partial charge in [-0.2, -0.15) is 5.26 Å². The van der Waals surface area contributed by atoms with Gasteiger partial charge in [-0.25, -0.2) is 0 Å². The Balaban J connectivity index is 2.14. The molecule has 5 heteroatoms. The highest BCUT2D eigenvalue weighted by molar-refractivity contribution is 6.32. The summed E-state index contributed by atoms with van der Waals surface area (Å²) in [6.07, 6.45) is 3.42. The van der Waals surface area contributed by atoms with Crippen LogP contribution in [0.15, 0.2) is 30.6 Å². The molecule has 4 nitrogen and oxygen atoms in total. The van der Waals surface area contributed by atoms with Crippen LogP contribution in [0.5, 0.6) is 0 Å². The van der Waals surface area contributed by atoms with Crippen molar-refractivity contribution in [2.75, 3.05) is 5.32 Å². The average Bonchev–Trinajstić information content (AvgIpc) is 2.38. The van der Waals surface area contributed by atoms with Crippen LogP contribution in [0.25, 0.3) is 0 Å². The van der Waals surface area contributed by atoms with Crippen LogP contribution in [-0.2, 0) is 6.54 Å². The summed E-state index contributed by atoms with van der Waals surface area (Å²) in [5.41, 5.74) is 2.83. The lowest BCUT2D eigenvalue weighted by Crippen LogP contribution is -2.04. The Hall–Kier alpha value is -2.12. The first-order chi connectivity index (χ1) is 8.70. The fraction of sp³-hybridized carbons (Fsp3) is 0.154. The predicted molar refractivity (Wildman–Crippen MR) is 70.3 cm³/mol. The highest BCUT2D eigenvalue weighted by Gasteiger charge is 2.05. The van der Waals surface area contributed by atoms with Crippen molar-refractivity contribution in [2.24, 2.45) is 0 Å². The minimum atomic E-state index is 0.442. The van der Waals surface area contributed by atoms with Crippen LogP contribution in [0.1, 0.15) is 17.0 Å². The summed E-state index contributed by atoms with van der Waals surface area (Å²) in [6, 6.07) is 7.38. The number of anilines is 1. The third-order valence-corrected chi connectivity index (χ3v) is 2.73. The molecular formula is C13H11ClN4. The second-order valence-corrected chi connectivity index (χ2v) is 4.18. The van der Waals surface area contributed by atoms with E-state index in [1.807, 2.05) is 13.0 Å². The molecule has 0 spiro atoms. The molecule has 0 aliphatic carbocycles. The molecule has 0 radical (unpaired) electrons. The molecular weight excluding hydrogens is 248 g/mol. The van der Waals surface area contributed by atoms with E-state index in [0.717, 1.165) is 11.4 Å². The second kappa shape index (κ2) is 5.48. The smallest absolute Gasteiger partial charge is 0.103 e. The van der Waals surface area contributed by atoms with Crippen molar-refractivity contribution in [2.45, 2.75) is 13.5 Å². The van der Waals surface area contributed by atoms with E-state index in [2.05, 4.69) is 21.4 Å². The summed E-state index contributed by atoms with van der Waals surface area (Å²) in [7, 11) is 0. The predicted octanol–water partition coefficient (Wildman–Crippen LogP) is 2.92. The number of nitriles is 1. The third-order valence-electron chi connectivity index (χ3n) is 2.42. The molecule has 0 saturated carbocycles. The lowest BCUT2D eigenvalue weighted by molar-refractivity contribution is 0.984. The van der Waals surface area contributed by atoms with Gasteiger partial charge in [0.15, 0.2) is 0 Å². The van der Waals surface area contributed by atoms with Gasteiger partial charge in [0.05, 0.1) is 40.4 Å². The van der Waals surface area contributed by atoms with Gasteiger partial charge in [-0.05, 0) is 19.1 Å². The number of aryl methyl sites for hydroxylation is 1. The van der Waals surface area contributed by atoms with Crippen LogP contribution >= 0.6 is 11.6 Å². The highest BCUT2D eigenvalue weighted by atomic mass is 35.5. The summed E-state index contributed by atoms with van der Waals surface area (Å²) in [5, 5.41) is 12.6. The summed E-state index contributed by atoms with van der Waals surface area (Å²) in [5.74, 6) is 0. The normalized spacial score (nSPS) is 9.83. The van der Waals surface area contributed by atoms with Gasteiger partial charge in [-0.15, -0.1) is 0 Å². The van der Waals surface area contributed by atoms with Gasteiger partial charge in [-0.3, -0.25) is 9.97 Å².